The van der Waals surface area contributed by atoms with Crippen molar-refractivity contribution in [1.82, 2.24) is 5.48 Å². The second-order valence-corrected chi connectivity index (χ2v) is 5.39. The molecule has 0 saturated heterocycles. The molecular weight excluding hydrogens is 250 g/mol. The molecule has 1 fully saturated rings. The molecule has 0 aromatic heterocycles. The van der Waals surface area contributed by atoms with Gasteiger partial charge >= 0.3 is 0 Å². The fourth-order valence-electron chi connectivity index (χ4n) is 1.98. The van der Waals surface area contributed by atoms with E-state index in [2.05, 4.69) is 15.5 Å². The number of nitrogens with one attached hydrogen (secondary N) is 1. The summed E-state index contributed by atoms with van der Waals surface area (Å²) in [6.07, 6.45) is 4.67. The summed E-state index contributed by atoms with van der Waals surface area (Å²) in [5, 5.41) is 10.8. The quantitative estimate of drug-likeness (QED) is 0.469. The highest BCUT2D eigenvalue weighted by Crippen LogP contribution is 2.32. The van der Waals surface area contributed by atoms with Crippen LogP contribution in [0.3, 0.4) is 0 Å². The van der Waals surface area contributed by atoms with Gasteiger partial charge in [-0.1, -0.05) is 11.8 Å². The maximum absolute atomic E-state index is 10.1. The molecule has 5 nitrogen and oxygen atoms in total. The molecule has 104 valence electrons. The number of aliphatic imine (C=N–C) groups is 2. The third-order valence-corrected chi connectivity index (χ3v) is 3.54. The molecule has 1 aliphatic carbocycles. The Morgan fingerprint density at radius 3 is 2.83 bits per heavy atom. The average Bonchev–Trinajstić information content (AvgIpc) is 2.64. The van der Waals surface area contributed by atoms with Crippen LogP contribution < -0.4 is 5.48 Å². The molecule has 2 atom stereocenters. The van der Waals surface area contributed by atoms with Gasteiger partial charge in [0.05, 0.1) is 18.2 Å². The van der Waals surface area contributed by atoms with Gasteiger partial charge < -0.3 is 5.11 Å². The van der Waals surface area contributed by atoms with Crippen LogP contribution in [0.5, 0.6) is 0 Å². The summed E-state index contributed by atoms with van der Waals surface area (Å²) in [6.45, 7) is 6.17. The predicted molar refractivity (Wildman–Crippen MR) is 77.1 cm³/mol. The highest BCUT2D eigenvalue weighted by Gasteiger charge is 2.36. The van der Waals surface area contributed by atoms with Crippen LogP contribution in [0.1, 0.15) is 40.0 Å². The Bertz CT molecular complexity index is 329. The first-order valence-corrected chi connectivity index (χ1v) is 7.49. The minimum absolute atomic E-state index is 0.0450. The van der Waals surface area contributed by atoms with Gasteiger partial charge in [-0.25, -0.2) is 10.5 Å². The Balaban J connectivity index is 2.67. The van der Waals surface area contributed by atoms with Gasteiger partial charge in [-0.2, -0.15) is 0 Å². The molecule has 1 aliphatic rings. The van der Waals surface area contributed by atoms with Crippen LogP contribution in [0, 0.1) is 0 Å². The van der Waals surface area contributed by atoms with Crippen molar-refractivity contribution in [2.24, 2.45) is 9.98 Å². The van der Waals surface area contributed by atoms with E-state index in [1.807, 2.05) is 27.0 Å². The maximum atomic E-state index is 10.1. The van der Waals surface area contributed by atoms with Gasteiger partial charge in [-0.15, -0.1) is 0 Å². The Hall–Kier alpha value is -0.590. The third-order valence-electron chi connectivity index (χ3n) is 2.98. The molecule has 2 N–H and O–H groups in total. The molecule has 0 aliphatic heterocycles. The normalized spacial score (nSPS) is 29.7. The predicted octanol–water partition coefficient (Wildman–Crippen LogP) is 1.97. The van der Waals surface area contributed by atoms with E-state index in [0.717, 1.165) is 19.3 Å². The van der Waals surface area contributed by atoms with Crippen molar-refractivity contribution in [2.75, 3.05) is 12.9 Å². The van der Waals surface area contributed by atoms with Crippen molar-refractivity contribution in [2.45, 2.75) is 51.7 Å². The highest BCUT2D eigenvalue weighted by atomic mass is 32.2. The number of nitrogens with zero attached hydrogens (tertiary/aromatic N) is 2. The fourth-order valence-corrected chi connectivity index (χ4v) is 2.35. The average molecular weight is 273 g/mol. The van der Waals surface area contributed by atoms with Gasteiger partial charge in [-0.05, 0) is 46.3 Å². The van der Waals surface area contributed by atoms with E-state index in [1.165, 1.54) is 11.8 Å². The lowest BCUT2D eigenvalue weighted by Crippen LogP contribution is -2.32. The van der Waals surface area contributed by atoms with Crippen molar-refractivity contribution >= 4 is 22.8 Å². The second kappa shape index (κ2) is 7.11. The SMILES string of the molecule is CCONC(=NC(C)=NC1CCCC1(C)O)SC. The fraction of sp³-hybridized carbons (Fsp3) is 0.833. The van der Waals surface area contributed by atoms with Crippen LogP contribution in [-0.4, -0.2) is 40.6 Å². The number of hydrogen-bond donors (Lipinski definition) is 2. The lowest BCUT2D eigenvalue weighted by Gasteiger charge is -2.22. The van der Waals surface area contributed by atoms with Gasteiger partial charge in [0, 0.05) is 0 Å². The monoisotopic (exact) mass is 273 g/mol. The summed E-state index contributed by atoms with van der Waals surface area (Å²) in [6, 6.07) is -0.0450. The zero-order chi connectivity index (χ0) is 13.6. The third kappa shape index (κ3) is 4.59. The molecular formula is C12H23N3O2S. The second-order valence-electron chi connectivity index (χ2n) is 4.60. The molecule has 6 heteroatoms. The summed E-state index contributed by atoms with van der Waals surface area (Å²) in [5.74, 6) is 0.665. The zero-order valence-corrected chi connectivity index (χ0v) is 12.4. The zero-order valence-electron chi connectivity index (χ0n) is 11.6. The van der Waals surface area contributed by atoms with Gasteiger partial charge in [0.2, 0.25) is 0 Å². The van der Waals surface area contributed by atoms with Gasteiger partial charge in [0.1, 0.15) is 5.84 Å². The van der Waals surface area contributed by atoms with Crippen molar-refractivity contribution in [3.05, 3.63) is 0 Å². The van der Waals surface area contributed by atoms with E-state index in [9.17, 15) is 5.11 Å². The Labute approximate surface area is 113 Å². The van der Waals surface area contributed by atoms with E-state index in [1.54, 1.807) is 0 Å². The van der Waals surface area contributed by atoms with Crippen LogP contribution >= 0.6 is 11.8 Å². The molecule has 1 rings (SSSR count). The van der Waals surface area contributed by atoms with Crippen molar-refractivity contribution in [3.63, 3.8) is 0 Å². The molecule has 18 heavy (non-hydrogen) atoms. The summed E-state index contributed by atoms with van der Waals surface area (Å²) in [5.41, 5.74) is 2.07. The molecule has 0 heterocycles. The Morgan fingerprint density at radius 2 is 2.33 bits per heavy atom. The number of hydrogen-bond acceptors (Lipinski definition) is 4. The molecule has 0 spiro atoms. The van der Waals surface area contributed by atoms with E-state index in [-0.39, 0.29) is 6.04 Å². The summed E-state index contributed by atoms with van der Waals surface area (Å²) in [7, 11) is 0. The minimum Gasteiger partial charge on any atom is -0.388 e. The van der Waals surface area contributed by atoms with Crippen LogP contribution in [0.25, 0.3) is 0 Å². The van der Waals surface area contributed by atoms with E-state index < -0.39 is 5.60 Å². The summed E-state index contributed by atoms with van der Waals surface area (Å²) >= 11 is 1.47. The number of amidine groups is 2. The molecule has 0 bridgehead atoms. The smallest absolute Gasteiger partial charge is 0.186 e. The largest absolute Gasteiger partial charge is 0.388 e. The van der Waals surface area contributed by atoms with E-state index in [0.29, 0.717) is 17.6 Å². The highest BCUT2D eigenvalue weighted by molar-refractivity contribution is 8.13. The van der Waals surface area contributed by atoms with Gasteiger partial charge in [-0.3, -0.25) is 9.83 Å². The number of hydroxylamine groups is 1. The standard InChI is InChI=1S/C12H23N3O2S/c1-5-17-15-11(18-4)14-9(2)13-10-7-6-8-12(10,3)16/h10,16H,5-8H2,1-4H3,(H,13,14,15). The van der Waals surface area contributed by atoms with Crippen LogP contribution in [0.2, 0.25) is 0 Å². The van der Waals surface area contributed by atoms with Crippen molar-refractivity contribution < 1.29 is 9.94 Å². The number of aliphatic hydroxyl groups is 1. The molecule has 0 aromatic carbocycles. The molecule has 0 aromatic rings. The molecule has 1 saturated carbocycles. The van der Waals surface area contributed by atoms with Crippen LogP contribution in [-0.2, 0) is 4.84 Å². The van der Waals surface area contributed by atoms with E-state index in [4.69, 9.17) is 4.84 Å². The lowest BCUT2D eigenvalue weighted by molar-refractivity contribution is 0.0525. The topological polar surface area (TPSA) is 66.2 Å². The molecule has 2 unspecified atom stereocenters. The molecule has 0 amide bonds. The van der Waals surface area contributed by atoms with Gasteiger partial charge in [0.15, 0.2) is 5.17 Å². The van der Waals surface area contributed by atoms with Crippen LogP contribution in [0.4, 0.5) is 0 Å². The first kappa shape index (κ1) is 15.5. The summed E-state index contributed by atoms with van der Waals surface area (Å²) < 4.78 is 0. The summed E-state index contributed by atoms with van der Waals surface area (Å²) in [4.78, 5) is 13.9. The maximum Gasteiger partial charge on any atom is 0.186 e. The lowest BCUT2D eigenvalue weighted by atomic mass is 10.0. The first-order valence-electron chi connectivity index (χ1n) is 6.27. The van der Waals surface area contributed by atoms with Crippen LogP contribution in [0.15, 0.2) is 9.98 Å². The van der Waals surface area contributed by atoms with Gasteiger partial charge in [0.25, 0.3) is 0 Å². The Morgan fingerprint density at radius 1 is 1.61 bits per heavy atom. The van der Waals surface area contributed by atoms with Crippen molar-refractivity contribution in [3.8, 4) is 0 Å². The molecule has 0 radical (unpaired) electrons. The van der Waals surface area contributed by atoms with Crippen molar-refractivity contribution in [1.29, 1.82) is 0 Å². The Kier molecular flexibility index (Phi) is 6.11. The number of thioether (sulfide) groups is 1. The van der Waals surface area contributed by atoms with E-state index >= 15 is 0 Å². The first-order chi connectivity index (χ1) is 8.49. The minimum atomic E-state index is -0.691. The number of rotatable bonds is 3.